The topological polar surface area (TPSA) is 86.9 Å². The molecule has 1 amide bonds. The van der Waals surface area contributed by atoms with E-state index in [0.717, 1.165) is 16.9 Å². The molecular formula is C15H22N4O. The summed E-state index contributed by atoms with van der Waals surface area (Å²) < 4.78 is 2.07. The molecule has 0 radical (unpaired) electrons. The first kappa shape index (κ1) is 14.4. The number of anilines is 1. The summed E-state index contributed by atoms with van der Waals surface area (Å²) in [5.41, 5.74) is 13.2. The highest BCUT2D eigenvalue weighted by Crippen LogP contribution is 2.27. The van der Waals surface area contributed by atoms with Crippen molar-refractivity contribution in [2.75, 3.05) is 5.73 Å². The first-order valence-corrected chi connectivity index (χ1v) is 6.78. The van der Waals surface area contributed by atoms with Crippen LogP contribution < -0.4 is 11.5 Å². The van der Waals surface area contributed by atoms with Gasteiger partial charge in [0.1, 0.15) is 5.82 Å². The molecule has 1 aromatic carbocycles. The molecular weight excluding hydrogens is 252 g/mol. The number of nitrogen functional groups attached to an aromatic ring is 1. The highest BCUT2D eigenvalue weighted by atomic mass is 16.1. The largest absolute Gasteiger partial charge is 0.399 e. The van der Waals surface area contributed by atoms with E-state index in [-0.39, 0.29) is 11.8 Å². The minimum absolute atomic E-state index is 0.257. The molecule has 0 spiro atoms. The van der Waals surface area contributed by atoms with Crippen LogP contribution in [0.25, 0.3) is 11.0 Å². The van der Waals surface area contributed by atoms with Gasteiger partial charge in [-0.2, -0.15) is 0 Å². The van der Waals surface area contributed by atoms with Gasteiger partial charge in [0.2, 0.25) is 5.91 Å². The zero-order valence-electron chi connectivity index (χ0n) is 12.5. The first-order valence-electron chi connectivity index (χ1n) is 6.78. The summed E-state index contributed by atoms with van der Waals surface area (Å²) in [6, 6.07) is 5.65. The van der Waals surface area contributed by atoms with E-state index in [0.29, 0.717) is 12.2 Å². The molecule has 0 saturated heterocycles. The minimum Gasteiger partial charge on any atom is -0.399 e. The van der Waals surface area contributed by atoms with Gasteiger partial charge in [0, 0.05) is 18.2 Å². The van der Waals surface area contributed by atoms with Crippen molar-refractivity contribution >= 4 is 22.6 Å². The molecule has 1 aromatic heterocycles. The second-order valence-electron chi connectivity index (χ2n) is 6.21. The number of primary amides is 1. The van der Waals surface area contributed by atoms with Gasteiger partial charge in [0.15, 0.2) is 0 Å². The molecule has 4 N–H and O–H groups in total. The maximum Gasteiger partial charge on any atom is 0.224 e. The van der Waals surface area contributed by atoms with Crippen LogP contribution in [0.3, 0.4) is 0 Å². The Kier molecular flexibility index (Phi) is 3.46. The molecule has 108 valence electrons. The van der Waals surface area contributed by atoms with Crippen LogP contribution in [-0.4, -0.2) is 15.5 Å². The second kappa shape index (κ2) is 4.81. The minimum atomic E-state index is -0.626. The van der Waals surface area contributed by atoms with Crippen LogP contribution >= 0.6 is 0 Å². The fourth-order valence-electron chi connectivity index (χ4n) is 2.25. The number of nitrogens with zero attached hydrogens (tertiary/aromatic N) is 2. The molecule has 0 fully saturated rings. The van der Waals surface area contributed by atoms with Crippen molar-refractivity contribution in [3.63, 3.8) is 0 Å². The van der Waals surface area contributed by atoms with E-state index in [4.69, 9.17) is 11.5 Å². The predicted octanol–water partition coefficient (Wildman–Crippen LogP) is 2.25. The number of carbonyl (C=O) groups excluding carboxylic acids is 1. The SMILES string of the molecule is CC(C)c1nc2cc(N)ccc2n1CC(C)(C)C(N)=O. The van der Waals surface area contributed by atoms with E-state index in [1.165, 1.54) is 0 Å². The van der Waals surface area contributed by atoms with Gasteiger partial charge in [-0.25, -0.2) is 4.98 Å². The van der Waals surface area contributed by atoms with Gasteiger partial charge in [-0.1, -0.05) is 13.8 Å². The van der Waals surface area contributed by atoms with Crippen molar-refractivity contribution in [1.29, 1.82) is 0 Å². The van der Waals surface area contributed by atoms with Crippen LogP contribution in [0.15, 0.2) is 18.2 Å². The lowest BCUT2D eigenvalue weighted by Gasteiger charge is -2.23. The van der Waals surface area contributed by atoms with E-state index in [1.54, 1.807) is 0 Å². The van der Waals surface area contributed by atoms with E-state index in [1.807, 2.05) is 32.0 Å². The van der Waals surface area contributed by atoms with Crippen LogP contribution in [0.2, 0.25) is 0 Å². The Labute approximate surface area is 119 Å². The van der Waals surface area contributed by atoms with Crippen LogP contribution in [0, 0.1) is 5.41 Å². The van der Waals surface area contributed by atoms with E-state index in [9.17, 15) is 4.79 Å². The summed E-state index contributed by atoms with van der Waals surface area (Å²) in [6.45, 7) is 8.37. The first-order chi connectivity index (χ1) is 9.22. The second-order valence-corrected chi connectivity index (χ2v) is 6.21. The van der Waals surface area contributed by atoms with E-state index < -0.39 is 5.41 Å². The lowest BCUT2D eigenvalue weighted by Crippen LogP contribution is -2.35. The Balaban J connectivity index is 2.60. The Bertz CT molecular complexity index is 655. The average Bonchev–Trinajstić information content (AvgIpc) is 2.66. The van der Waals surface area contributed by atoms with Crippen molar-refractivity contribution in [3.05, 3.63) is 24.0 Å². The molecule has 2 rings (SSSR count). The molecule has 1 heterocycles. The third kappa shape index (κ3) is 2.48. The zero-order valence-corrected chi connectivity index (χ0v) is 12.5. The van der Waals surface area contributed by atoms with E-state index >= 15 is 0 Å². The number of hydrogen-bond acceptors (Lipinski definition) is 3. The summed E-state index contributed by atoms with van der Waals surface area (Å²) in [5.74, 6) is 0.886. The Morgan fingerprint density at radius 3 is 2.60 bits per heavy atom. The van der Waals surface area contributed by atoms with Crippen LogP contribution in [0.1, 0.15) is 39.4 Å². The number of aromatic nitrogens is 2. The van der Waals surface area contributed by atoms with Gasteiger partial charge in [-0.15, -0.1) is 0 Å². The third-order valence-electron chi connectivity index (χ3n) is 3.54. The highest BCUT2D eigenvalue weighted by Gasteiger charge is 2.28. The normalized spacial score (nSPS) is 12.2. The zero-order chi connectivity index (χ0) is 15.1. The van der Waals surface area contributed by atoms with Crippen LogP contribution in [0.5, 0.6) is 0 Å². The van der Waals surface area contributed by atoms with Crippen molar-refractivity contribution in [2.45, 2.75) is 40.2 Å². The Hall–Kier alpha value is -2.04. The fraction of sp³-hybridized carbons (Fsp3) is 0.467. The molecule has 0 bridgehead atoms. The molecule has 0 aliphatic carbocycles. The molecule has 20 heavy (non-hydrogen) atoms. The molecule has 5 nitrogen and oxygen atoms in total. The van der Waals surface area contributed by atoms with Crippen LogP contribution in [0.4, 0.5) is 5.69 Å². The smallest absolute Gasteiger partial charge is 0.224 e. The summed E-state index contributed by atoms with van der Waals surface area (Å²) in [6.07, 6.45) is 0. The van der Waals surface area contributed by atoms with Gasteiger partial charge in [-0.05, 0) is 32.0 Å². The van der Waals surface area contributed by atoms with Gasteiger partial charge in [0.05, 0.1) is 16.4 Å². The van der Waals surface area contributed by atoms with Crippen molar-refractivity contribution in [3.8, 4) is 0 Å². The molecule has 0 aliphatic heterocycles. The summed E-state index contributed by atoms with van der Waals surface area (Å²) in [4.78, 5) is 16.2. The number of benzene rings is 1. The fourth-order valence-corrected chi connectivity index (χ4v) is 2.25. The summed E-state index contributed by atoms with van der Waals surface area (Å²) >= 11 is 0. The quantitative estimate of drug-likeness (QED) is 0.838. The van der Waals surface area contributed by atoms with Gasteiger partial charge >= 0.3 is 0 Å². The van der Waals surface area contributed by atoms with Crippen LogP contribution in [-0.2, 0) is 11.3 Å². The molecule has 0 aliphatic rings. The molecule has 0 atom stereocenters. The summed E-state index contributed by atoms with van der Waals surface area (Å²) in [5, 5.41) is 0. The van der Waals surface area contributed by atoms with Gasteiger partial charge < -0.3 is 16.0 Å². The maximum absolute atomic E-state index is 11.6. The van der Waals surface area contributed by atoms with E-state index in [2.05, 4.69) is 23.4 Å². The van der Waals surface area contributed by atoms with Crippen molar-refractivity contribution in [2.24, 2.45) is 11.1 Å². The number of amides is 1. The number of nitrogens with two attached hydrogens (primary N) is 2. The van der Waals surface area contributed by atoms with Gasteiger partial charge in [-0.3, -0.25) is 4.79 Å². The predicted molar refractivity (Wildman–Crippen MR) is 81.2 cm³/mol. The Morgan fingerprint density at radius 2 is 2.05 bits per heavy atom. The number of fused-ring (bicyclic) bond motifs is 1. The maximum atomic E-state index is 11.6. The molecule has 0 unspecified atom stereocenters. The van der Waals surface area contributed by atoms with Crippen molar-refractivity contribution < 1.29 is 4.79 Å². The molecule has 0 saturated carbocycles. The number of imidazole rings is 1. The lowest BCUT2D eigenvalue weighted by atomic mass is 9.92. The standard InChI is InChI=1S/C15H22N4O/c1-9(2)13-18-11-7-10(16)5-6-12(11)19(13)8-15(3,4)14(17)20/h5-7,9H,8,16H2,1-4H3,(H2,17,20). The summed E-state index contributed by atoms with van der Waals surface area (Å²) in [7, 11) is 0. The molecule has 5 heteroatoms. The molecule has 2 aromatic rings. The number of rotatable bonds is 4. The number of hydrogen-bond donors (Lipinski definition) is 2. The average molecular weight is 274 g/mol. The van der Waals surface area contributed by atoms with Crippen molar-refractivity contribution in [1.82, 2.24) is 9.55 Å². The Morgan fingerprint density at radius 1 is 1.40 bits per heavy atom. The highest BCUT2D eigenvalue weighted by molar-refractivity contribution is 5.82. The monoisotopic (exact) mass is 274 g/mol. The number of carbonyl (C=O) groups is 1. The van der Waals surface area contributed by atoms with Gasteiger partial charge in [0.25, 0.3) is 0 Å². The lowest BCUT2D eigenvalue weighted by molar-refractivity contribution is -0.126. The third-order valence-corrected chi connectivity index (χ3v) is 3.54.